The summed E-state index contributed by atoms with van der Waals surface area (Å²) in [6.45, 7) is 7.07. The highest BCUT2D eigenvalue weighted by Gasteiger charge is 2.34. The summed E-state index contributed by atoms with van der Waals surface area (Å²) in [6.07, 6.45) is 5.84. The topological polar surface area (TPSA) is 70.4 Å². The molecule has 152 valence electrons. The second-order valence-electron chi connectivity index (χ2n) is 7.65. The summed E-state index contributed by atoms with van der Waals surface area (Å²) in [5.41, 5.74) is 3.21. The van der Waals surface area contributed by atoms with Gasteiger partial charge in [0.15, 0.2) is 11.8 Å². The molecule has 1 aliphatic heterocycles. The zero-order valence-corrected chi connectivity index (χ0v) is 19.2. The van der Waals surface area contributed by atoms with Gasteiger partial charge in [-0.2, -0.15) is 5.10 Å². The van der Waals surface area contributed by atoms with Crippen molar-refractivity contribution in [3.05, 3.63) is 41.3 Å². The lowest BCUT2D eigenvalue weighted by atomic mass is 10.2. The first-order chi connectivity index (χ1) is 13.1. The minimum atomic E-state index is 0. The second-order valence-corrected chi connectivity index (χ2v) is 7.65. The minimum Gasteiger partial charge on any atom is -0.352 e. The number of hydrogen-bond donors (Lipinski definition) is 2. The molecule has 0 bridgehead atoms. The molecule has 1 saturated carbocycles. The van der Waals surface area contributed by atoms with Crippen LogP contribution in [0.25, 0.3) is 5.82 Å². The van der Waals surface area contributed by atoms with Crippen molar-refractivity contribution in [2.75, 3.05) is 20.1 Å². The van der Waals surface area contributed by atoms with Crippen LogP contribution in [-0.2, 0) is 6.54 Å². The van der Waals surface area contributed by atoms with Gasteiger partial charge in [0.2, 0.25) is 0 Å². The van der Waals surface area contributed by atoms with Gasteiger partial charge >= 0.3 is 0 Å². The van der Waals surface area contributed by atoms with E-state index in [0.29, 0.717) is 12.6 Å². The van der Waals surface area contributed by atoms with E-state index in [-0.39, 0.29) is 24.0 Å². The average molecular weight is 495 g/mol. The number of aromatic nitrogens is 3. The summed E-state index contributed by atoms with van der Waals surface area (Å²) in [5.74, 6) is 1.71. The Kier molecular flexibility index (Phi) is 6.92. The number of aryl methyl sites for hydroxylation is 2. The lowest BCUT2D eigenvalue weighted by Gasteiger charge is -2.18. The SMILES string of the molecule is CN=C(NCc1ccc(-n2nc(C)cc2C)nc1)NC1CCN(C2CC2)C1.I. The summed E-state index contributed by atoms with van der Waals surface area (Å²) in [7, 11) is 1.83. The summed E-state index contributed by atoms with van der Waals surface area (Å²) >= 11 is 0. The molecule has 1 unspecified atom stereocenters. The molecule has 2 N–H and O–H groups in total. The van der Waals surface area contributed by atoms with E-state index in [1.54, 1.807) is 0 Å². The molecule has 1 saturated heterocycles. The van der Waals surface area contributed by atoms with Gasteiger partial charge in [-0.15, -0.1) is 24.0 Å². The van der Waals surface area contributed by atoms with Crippen molar-refractivity contribution in [3.63, 3.8) is 0 Å². The van der Waals surface area contributed by atoms with Gasteiger partial charge in [-0.1, -0.05) is 6.07 Å². The molecular weight excluding hydrogens is 465 g/mol. The fourth-order valence-corrected chi connectivity index (χ4v) is 3.76. The Labute approximate surface area is 184 Å². The van der Waals surface area contributed by atoms with Crippen LogP contribution < -0.4 is 10.6 Å². The average Bonchev–Trinajstić information content (AvgIpc) is 3.32. The van der Waals surface area contributed by atoms with E-state index in [4.69, 9.17) is 0 Å². The van der Waals surface area contributed by atoms with Crippen molar-refractivity contribution in [2.45, 2.75) is 51.7 Å². The van der Waals surface area contributed by atoms with Crippen LogP contribution in [0.4, 0.5) is 0 Å². The van der Waals surface area contributed by atoms with Gasteiger partial charge in [-0.3, -0.25) is 9.89 Å². The van der Waals surface area contributed by atoms with Gasteiger partial charge in [0.25, 0.3) is 0 Å². The van der Waals surface area contributed by atoms with Crippen LogP contribution in [0.5, 0.6) is 0 Å². The molecule has 2 fully saturated rings. The number of guanidine groups is 1. The van der Waals surface area contributed by atoms with Crippen molar-refractivity contribution in [1.82, 2.24) is 30.3 Å². The van der Waals surface area contributed by atoms with Gasteiger partial charge in [-0.25, -0.2) is 9.67 Å². The van der Waals surface area contributed by atoms with E-state index in [0.717, 1.165) is 41.3 Å². The maximum Gasteiger partial charge on any atom is 0.191 e. The van der Waals surface area contributed by atoms with E-state index in [2.05, 4.69) is 42.7 Å². The van der Waals surface area contributed by atoms with Crippen LogP contribution in [-0.4, -0.2) is 57.8 Å². The third kappa shape index (κ3) is 5.02. The number of nitrogens with one attached hydrogen (secondary N) is 2. The summed E-state index contributed by atoms with van der Waals surface area (Å²) in [4.78, 5) is 11.5. The standard InChI is InChI=1S/C20H29N7.HI/c1-14-10-15(2)27(25-14)19-7-4-16(11-22-19)12-23-20(21-3)24-17-8-9-26(13-17)18-5-6-18;/h4,7,10-11,17-18H,5-6,8-9,12-13H2,1-3H3,(H2,21,23,24);1H. The normalized spacial score (nSPS) is 20.1. The van der Waals surface area contributed by atoms with E-state index in [9.17, 15) is 0 Å². The molecule has 0 radical (unpaired) electrons. The number of halogens is 1. The molecule has 4 rings (SSSR count). The first kappa shape index (κ1) is 21.0. The summed E-state index contributed by atoms with van der Waals surface area (Å²) in [6, 6.07) is 7.49. The molecule has 2 aliphatic rings. The maximum atomic E-state index is 4.56. The molecule has 28 heavy (non-hydrogen) atoms. The molecular formula is C20H30IN7. The Bertz CT molecular complexity index is 810. The fourth-order valence-electron chi connectivity index (χ4n) is 3.76. The van der Waals surface area contributed by atoms with Crippen molar-refractivity contribution >= 4 is 29.9 Å². The number of aliphatic imine (C=N–C) groups is 1. The quantitative estimate of drug-likeness (QED) is 0.379. The first-order valence-electron chi connectivity index (χ1n) is 9.82. The van der Waals surface area contributed by atoms with Crippen LogP contribution in [0.2, 0.25) is 0 Å². The Balaban J connectivity index is 0.00000225. The van der Waals surface area contributed by atoms with Gasteiger partial charge in [0.05, 0.1) is 5.69 Å². The summed E-state index contributed by atoms with van der Waals surface area (Å²) in [5, 5.41) is 11.4. The predicted octanol–water partition coefficient (Wildman–Crippen LogP) is 2.40. The lowest BCUT2D eigenvalue weighted by Crippen LogP contribution is -2.44. The first-order valence-corrected chi connectivity index (χ1v) is 9.82. The summed E-state index contributed by atoms with van der Waals surface area (Å²) < 4.78 is 1.87. The van der Waals surface area contributed by atoms with Crippen molar-refractivity contribution < 1.29 is 0 Å². The lowest BCUT2D eigenvalue weighted by molar-refractivity contribution is 0.321. The zero-order valence-electron chi connectivity index (χ0n) is 16.9. The third-order valence-electron chi connectivity index (χ3n) is 5.34. The van der Waals surface area contributed by atoms with E-state index >= 15 is 0 Å². The highest BCUT2D eigenvalue weighted by molar-refractivity contribution is 14.0. The molecule has 1 atom stereocenters. The van der Waals surface area contributed by atoms with Crippen LogP contribution in [0, 0.1) is 13.8 Å². The Hall–Kier alpha value is -1.68. The van der Waals surface area contributed by atoms with Crippen molar-refractivity contribution in [3.8, 4) is 5.82 Å². The molecule has 8 heteroatoms. The van der Waals surface area contributed by atoms with Gasteiger partial charge in [0.1, 0.15) is 0 Å². The van der Waals surface area contributed by atoms with Crippen LogP contribution >= 0.6 is 24.0 Å². The number of rotatable bonds is 5. The minimum absolute atomic E-state index is 0. The molecule has 2 aromatic heterocycles. The molecule has 7 nitrogen and oxygen atoms in total. The second kappa shape index (κ2) is 9.21. The van der Waals surface area contributed by atoms with Crippen LogP contribution in [0.3, 0.4) is 0 Å². The predicted molar refractivity (Wildman–Crippen MR) is 123 cm³/mol. The maximum absolute atomic E-state index is 4.56. The highest BCUT2D eigenvalue weighted by Crippen LogP contribution is 2.29. The van der Waals surface area contributed by atoms with Crippen molar-refractivity contribution in [1.29, 1.82) is 0 Å². The highest BCUT2D eigenvalue weighted by atomic mass is 127. The number of hydrogen-bond acceptors (Lipinski definition) is 4. The largest absolute Gasteiger partial charge is 0.352 e. The van der Waals surface area contributed by atoms with Crippen molar-refractivity contribution in [2.24, 2.45) is 4.99 Å². The number of likely N-dealkylation sites (tertiary alicyclic amines) is 1. The molecule has 0 aromatic carbocycles. The monoisotopic (exact) mass is 495 g/mol. The Morgan fingerprint density at radius 2 is 2.07 bits per heavy atom. The smallest absolute Gasteiger partial charge is 0.191 e. The molecule has 1 aliphatic carbocycles. The van der Waals surface area contributed by atoms with Gasteiger partial charge < -0.3 is 10.6 Å². The Morgan fingerprint density at radius 3 is 2.68 bits per heavy atom. The zero-order chi connectivity index (χ0) is 18.8. The van der Waals surface area contributed by atoms with E-state index in [1.165, 1.54) is 25.8 Å². The van der Waals surface area contributed by atoms with E-state index < -0.39 is 0 Å². The van der Waals surface area contributed by atoms with E-state index in [1.807, 2.05) is 37.8 Å². The Morgan fingerprint density at radius 1 is 1.25 bits per heavy atom. The third-order valence-corrected chi connectivity index (χ3v) is 5.34. The van der Waals surface area contributed by atoms with Crippen LogP contribution in [0.1, 0.15) is 36.2 Å². The van der Waals surface area contributed by atoms with Gasteiger partial charge in [-0.05, 0) is 50.8 Å². The number of pyridine rings is 1. The van der Waals surface area contributed by atoms with Crippen LogP contribution in [0.15, 0.2) is 29.4 Å². The molecule has 0 amide bonds. The molecule has 0 spiro atoms. The molecule has 2 aromatic rings. The van der Waals surface area contributed by atoms with Gasteiger partial charge in [0, 0.05) is 50.7 Å². The molecule has 3 heterocycles. The fraction of sp³-hybridized carbons (Fsp3) is 0.550. The number of nitrogens with zero attached hydrogens (tertiary/aromatic N) is 5.